The lowest BCUT2D eigenvalue weighted by Crippen LogP contribution is -2.19. The lowest BCUT2D eigenvalue weighted by atomic mass is 9.93. The van der Waals surface area contributed by atoms with Gasteiger partial charge < -0.3 is 10.5 Å². The molecule has 1 atom stereocenters. The maximum Gasteiger partial charge on any atom is 0.119 e. The normalized spacial score (nSPS) is 19.1. The second kappa shape index (κ2) is 4.69. The van der Waals surface area contributed by atoms with Gasteiger partial charge in [0.1, 0.15) is 5.75 Å². The van der Waals surface area contributed by atoms with Crippen LogP contribution in [0.25, 0.3) is 0 Å². The van der Waals surface area contributed by atoms with E-state index in [1.165, 1.54) is 18.4 Å². The minimum absolute atomic E-state index is 0.168. The van der Waals surface area contributed by atoms with Crippen molar-refractivity contribution < 1.29 is 4.74 Å². The first-order valence-electron chi connectivity index (χ1n) is 6.49. The van der Waals surface area contributed by atoms with Gasteiger partial charge in [0.15, 0.2) is 0 Å². The molecule has 1 aromatic carbocycles. The Bertz CT molecular complexity index is 365. The van der Waals surface area contributed by atoms with Crippen LogP contribution in [0.4, 0.5) is 0 Å². The van der Waals surface area contributed by atoms with Crippen molar-refractivity contribution in [3.05, 3.63) is 29.8 Å². The van der Waals surface area contributed by atoms with Crippen LogP contribution in [0.3, 0.4) is 0 Å². The van der Waals surface area contributed by atoms with Gasteiger partial charge in [0.25, 0.3) is 0 Å². The van der Waals surface area contributed by atoms with Crippen molar-refractivity contribution in [2.24, 2.45) is 17.1 Å². The van der Waals surface area contributed by atoms with Gasteiger partial charge in [-0.1, -0.05) is 32.9 Å². The van der Waals surface area contributed by atoms with Gasteiger partial charge in [-0.15, -0.1) is 0 Å². The van der Waals surface area contributed by atoms with E-state index < -0.39 is 0 Å². The molecule has 1 aliphatic rings. The molecular weight excluding hydrogens is 210 g/mol. The summed E-state index contributed by atoms with van der Waals surface area (Å²) in [6.45, 7) is 7.33. The van der Waals surface area contributed by atoms with E-state index in [2.05, 4.69) is 32.9 Å². The monoisotopic (exact) mass is 233 g/mol. The number of hydrogen-bond acceptors (Lipinski definition) is 2. The van der Waals surface area contributed by atoms with Crippen molar-refractivity contribution in [1.29, 1.82) is 0 Å². The van der Waals surface area contributed by atoms with Gasteiger partial charge in [-0.05, 0) is 41.9 Å². The van der Waals surface area contributed by atoms with Gasteiger partial charge in [-0.2, -0.15) is 0 Å². The van der Waals surface area contributed by atoms with Crippen LogP contribution in [0.1, 0.15) is 45.2 Å². The Morgan fingerprint density at radius 3 is 2.29 bits per heavy atom. The summed E-state index contributed by atoms with van der Waals surface area (Å²) in [5.41, 5.74) is 7.82. The molecule has 1 aromatic rings. The number of benzene rings is 1. The molecule has 0 bridgehead atoms. The van der Waals surface area contributed by atoms with Gasteiger partial charge in [0, 0.05) is 6.04 Å². The Morgan fingerprint density at radius 1 is 1.24 bits per heavy atom. The van der Waals surface area contributed by atoms with Crippen molar-refractivity contribution in [3.8, 4) is 5.75 Å². The van der Waals surface area contributed by atoms with Gasteiger partial charge in [-0.3, -0.25) is 0 Å². The first-order valence-corrected chi connectivity index (χ1v) is 6.49. The highest BCUT2D eigenvalue weighted by molar-refractivity contribution is 5.31. The smallest absolute Gasteiger partial charge is 0.119 e. The van der Waals surface area contributed by atoms with Gasteiger partial charge in [-0.25, -0.2) is 0 Å². The van der Waals surface area contributed by atoms with Gasteiger partial charge in [0.2, 0.25) is 0 Å². The molecule has 2 rings (SSSR count). The number of nitrogens with two attached hydrogens (primary N) is 1. The molecule has 0 radical (unpaired) electrons. The van der Waals surface area contributed by atoms with Crippen LogP contribution < -0.4 is 10.5 Å². The number of rotatable bonds is 5. The average Bonchev–Trinajstić information content (AvgIpc) is 3.06. The molecule has 0 heterocycles. The Balaban J connectivity index is 1.98. The van der Waals surface area contributed by atoms with Gasteiger partial charge >= 0.3 is 0 Å². The van der Waals surface area contributed by atoms with E-state index in [1.54, 1.807) is 0 Å². The summed E-state index contributed by atoms with van der Waals surface area (Å²) in [6.07, 6.45) is 2.50. The largest absolute Gasteiger partial charge is 0.493 e. The van der Waals surface area contributed by atoms with E-state index in [0.717, 1.165) is 12.4 Å². The molecule has 0 spiro atoms. The summed E-state index contributed by atoms with van der Waals surface area (Å²) in [6, 6.07) is 8.43. The predicted molar refractivity (Wildman–Crippen MR) is 71.0 cm³/mol. The highest BCUT2D eigenvalue weighted by Crippen LogP contribution is 2.53. The Kier molecular flexibility index (Phi) is 3.43. The van der Waals surface area contributed by atoms with Crippen LogP contribution in [0.5, 0.6) is 5.75 Å². The predicted octanol–water partition coefficient (Wildman–Crippen LogP) is 3.52. The summed E-state index contributed by atoms with van der Waals surface area (Å²) in [5, 5.41) is 0. The first kappa shape index (κ1) is 12.4. The zero-order valence-corrected chi connectivity index (χ0v) is 11.1. The van der Waals surface area contributed by atoms with Crippen molar-refractivity contribution in [1.82, 2.24) is 0 Å². The lowest BCUT2D eigenvalue weighted by Gasteiger charge is -2.19. The van der Waals surface area contributed by atoms with Crippen molar-refractivity contribution in [3.63, 3.8) is 0 Å². The molecule has 94 valence electrons. The minimum atomic E-state index is 0.168. The van der Waals surface area contributed by atoms with Crippen LogP contribution in [-0.2, 0) is 0 Å². The third kappa shape index (κ3) is 3.01. The van der Waals surface area contributed by atoms with E-state index in [-0.39, 0.29) is 6.04 Å². The maximum absolute atomic E-state index is 6.27. The highest BCUT2D eigenvalue weighted by atomic mass is 16.5. The molecular formula is C15H23NO. The molecule has 2 nitrogen and oxygen atoms in total. The average molecular weight is 233 g/mol. The maximum atomic E-state index is 6.27. The Hall–Kier alpha value is -1.02. The quantitative estimate of drug-likeness (QED) is 0.844. The molecule has 2 N–H and O–H groups in total. The standard InChI is InChI=1S/C15H23NO/c1-11(2)10-17-13-6-4-12(5-7-13)14(16)15(3)8-9-15/h4-7,11,14H,8-10,16H2,1-3H3. The third-order valence-corrected chi connectivity index (χ3v) is 3.61. The summed E-state index contributed by atoms with van der Waals surface area (Å²) < 4.78 is 5.66. The molecule has 0 amide bonds. The van der Waals surface area contributed by atoms with Crippen molar-refractivity contribution in [2.75, 3.05) is 6.61 Å². The van der Waals surface area contributed by atoms with Gasteiger partial charge in [0.05, 0.1) is 6.61 Å². The fourth-order valence-electron chi connectivity index (χ4n) is 1.94. The molecule has 1 aliphatic carbocycles. The molecule has 17 heavy (non-hydrogen) atoms. The molecule has 0 aliphatic heterocycles. The Morgan fingerprint density at radius 2 is 1.82 bits per heavy atom. The lowest BCUT2D eigenvalue weighted by molar-refractivity contribution is 0.271. The van der Waals surface area contributed by atoms with E-state index in [4.69, 9.17) is 10.5 Å². The van der Waals surface area contributed by atoms with E-state index in [0.29, 0.717) is 11.3 Å². The van der Waals surface area contributed by atoms with Crippen LogP contribution in [0.2, 0.25) is 0 Å². The zero-order valence-electron chi connectivity index (χ0n) is 11.1. The van der Waals surface area contributed by atoms with Crippen LogP contribution >= 0.6 is 0 Å². The zero-order chi connectivity index (χ0) is 12.5. The molecule has 1 fully saturated rings. The highest BCUT2D eigenvalue weighted by Gasteiger charge is 2.43. The fraction of sp³-hybridized carbons (Fsp3) is 0.600. The van der Waals surface area contributed by atoms with Crippen LogP contribution in [0.15, 0.2) is 24.3 Å². The van der Waals surface area contributed by atoms with E-state index >= 15 is 0 Å². The van der Waals surface area contributed by atoms with E-state index in [1.807, 2.05) is 12.1 Å². The summed E-state index contributed by atoms with van der Waals surface area (Å²) in [7, 11) is 0. The number of hydrogen-bond donors (Lipinski definition) is 1. The van der Waals surface area contributed by atoms with E-state index in [9.17, 15) is 0 Å². The Labute approximate surface area is 104 Å². The minimum Gasteiger partial charge on any atom is -0.493 e. The van der Waals surface area contributed by atoms with Crippen LogP contribution in [0, 0.1) is 11.3 Å². The second-order valence-electron chi connectivity index (χ2n) is 5.91. The van der Waals surface area contributed by atoms with Crippen molar-refractivity contribution in [2.45, 2.75) is 39.7 Å². The summed E-state index contributed by atoms with van der Waals surface area (Å²) >= 11 is 0. The topological polar surface area (TPSA) is 35.2 Å². The molecule has 1 unspecified atom stereocenters. The SMILES string of the molecule is CC(C)COc1ccc(C(N)C2(C)CC2)cc1. The molecule has 1 saturated carbocycles. The van der Waals surface area contributed by atoms with Crippen molar-refractivity contribution >= 4 is 0 Å². The molecule has 0 saturated heterocycles. The van der Waals surface area contributed by atoms with Crippen LogP contribution in [-0.4, -0.2) is 6.61 Å². The fourth-order valence-corrected chi connectivity index (χ4v) is 1.94. The summed E-state index contributed by atoms with van der Waals surface area (Å²) in [5.74, 6) is 1.50. The molecule has 2 heteroatoms. The first-order chi connectivity index (χ1) is 8.01. The molecule has 0 aromatic heterocycles. The summed E-state index contributed by atoms with van der Waals surface area (Å²) in [4.78, 5) is 0. The second-order valence-corrected chi connectivity index (χ2v) is 5.91. The number of ether oxygens (including phenoxy) is 1. The third-order valence-electron chi connectivity index (χ3n) is 3.61.